The predicted octanol–water partition coefficient (Wildman–Crippen LogP) is 2.12. The molecule has 1 atom stereocenters. The molecule has 0 aliphatic rings. The quantitative estimate of drug-likeness (QED) is 0.650. The number of hydrazine groups is 1. The van der Waals surface area contributed by atoms with E-state index in [1.54, 1.807) is 18.5 Å². The summed E-state index contributed by atoms with van der Waals surface area (Å²) in [7, 11) is 1.51. The van der Waals surface area contributed by atoms with Crippen LogP contribution < -0.4 is 16.0 Å². The number of pyridine rings is 1. The maximum atomic E-state index is 13.7. The highest BCUT2D eigenvalue weighted by Crippen LogP contribution is 2.27. The van der Waals surface area contributed by atoms with E-state index in [1.807, 2.05) is 0 Å². The molecule has 106 valence electrons. The fraction of sp³-hybridized carbons (Fsp3) is 0.214. The van der Waals surface area contributed by atoms with Crippen molar-refractivity contribution in [3.63, 3.8) is 0 Å². The van der Waals surface area contributed by atoms with Gasteiger partial charge in [0.05, 0.1) is 19.3 Å². The minimum absolute atomic E-state index is 0.195. The maximum Gasteiger partial charge on any atom is 0.141 e. The number of nitrogens with zero attached hydrogens (tertiary/aromatic N) is 1. The molecule has 3 N–H and O–H groups in total. The van der Waals surface area contributed by atoms with Crippen molar-refractivity contribution in [3.05, 3.63) is 59.4 Å². The lowest BCUT2D eigenvalue weighted by Crippen LogP contribution is -2.30. The Bertz CT molecular complexity index is 592. The van der Waals surface area contributed by atoms with Crippen LogP contribution in [0.1, 0.15) is 17.2 Å². The van der Waals surface area contributed by atoms with Crippen LogP contribution in [0.25, 0.3) is 0 Å². The molecule has 1 unspecified atom stereocenters. The van der Waals surface area contributed by atoms with Crippen LogP contribution in [0.4, 0.5) is 8.78 Å². The number of nitrogens with one attached hydrogen (secondary N) is 1. The molecule has 0 aliphatic carbocycles. The third-order valence-corrected chi connectivity index (χ3v) is 3.04. The number of nitrogens with two attached hydrogens (primary N) is 1. The number of rotatable bonds is 5. The molecule has 20 heavy (non-hydrogen) atoms. The summed E-state index contributed by atoms with van der Waals surface area (Å²) >= 11 is 0. The van der Waals surface area contributed by atoms with Crippen LogP contribution in [0.5, 0.6) is 5.75 Å². The fourth-order valence-electron chi connectivity index (χ4n) is 2.03. The monoisotopic (exact) mass is 279 g/mol. The number of benzene rings is 1. The summed E-state index contributed by atoms with van der Waals surface area (Å²) in [5, 5.41) is 0. The van der Waals surface area contributed by atoms with Crippen molar-refractivity contribution in [2.24, 2.45) is 5.84 Å². The van der Waals surface area contributed by atoms with Crippen molar-refractivity contribution in [1.29, 1.82) is 0 Å². The van der Waals surface area contributed by atoms with Crippen molar-refractivity contribution in [3.8, 4) is 5.75 Å². The lowest BCUT2D eigenvalue weighted by atomic mass is 9.99. The predicted molar refractivity (Wildman–Crippen MR) is 70.9 cm³/mol. The molecule has 0 spiro atoms. The summed E-state index contributed by atoms with van der Waals surface area (Å²) in [5.74, 6) is 5.10. The lowest BCUT2D eigenvalue weighted by molar-refractivity contribution is 0.396. The Kier molecular flexibility index (Phi) is 4.60. The summed E-state index contributed by atoms with van der Waals surface area (Å²) in [6.45, 7) is 0. The highest BCUT2D eigenvalue weighted by Gasteiger charge is 2.17. The largest absolute Gasteiger partial charge is 0.495 e. The first-order valence-corrected chi connectivity index (χ1v) is 6.03. The van der Waals surface area contributed by atoms with Gasteiger partial charge in [-0.3, -0.25) is 16.3 Å². The second kappa shape index (κ2) is 6.40. The van der Waals surface area contributed by atoms with E-state index in [0.29, 0.717) is 5.75 Å². The molecule has 0 bridgehead atoms. The summed E-state index contributed by atoms with van der Waals surface area (Å²) in [6, 6.07) is 4.65. The Hall–Kier alpha value is -2.05. The first kappa shape index (κ1) is 14.4. The molecule has 6 heteroatoms. The molecule has 1 heterocycles. The van der Waals surface area contributed by atoms with Crippen LogP contribution in [0, 0.1) is 11.6 Å². The summed E-state index contributed by atoms with van der Waals surface area (Å²) < 4.78 is 32.1. The number of ether oxygens (including phenoxy) is 1. The van der Waals surface area contributed by atoms with E-state index in [2.05, 4.69) is 10.4 Å². The highest BCUT2D eigenvalue weighted by atomic mass is 19.1. The molecule has 0 saturated heterocycles. The van der Waals surface area contributed by atoms with Crippen LogP contribution in [-0.4, -0.2) is 12.1 Å². The zero-order valence-corrected chi connectivity index (χ0v) is 10.9. The average Bonchev–Trinajstić information content (AvgIpc) is 2.48. The van der Waals surface area contributed by atoms with Crippen molar-refractivity contribution < 1.29 is 13.5 Å². The number of methoxy groups -OCH3 is 1. The molecule has 2 rings (SSSR count). The summed E-state index contributed by atoms with van der Waals surface area (Å²) in [4.78, 5) is 3.94. The molecule has 0 amide bonds. The molecule has 2 aromatic rings. The van der Waals surface area contributed by atoms with Crippen LogP contribution in [0.15, 0.2) is 36.7 Å². The van der Waals surface area contributed by atoms with E-state index < -0.39 is 17.7 Å². The van der Waals surface area contributed by atoms with Gasteiger partial charge in [0.25, 0.3) is 0 Å². The van der Waals surface area contributed by atoms with E-state index in [0.717, 1.165) is 23.8 Å². The second-order valence-electron chi connectivity index (χ2n) is 4.28. The number of hydrogen-bond acceptors (Lipinski definition) is 4. The first-order valence-electron chi connectivity index (χ1n) is 6.03. The minimum atomic E-state index is -0.487. The van der Waals surface area contributed by atoms with Gasteiger partial charge in [0, 0.05) is 11.8 Å². The van der Waals surface area contributed by atoms with Crippen molar-refractivity contribution in [2.45, 2.75) is 12.5 Å². The van der Waals surface area contributed by atoms with E-state index in [-0.39, 0.29) is 12.0 Å². The fourth-order valence-corrected chi connectivity index (χ4v) is 2.03. The average molecular weight is 279 g/mol. The Labute approximate surface area is 115 Å². The molecule has 4 nitrogen and oxygen atoms in total. The van der Waals surface area contributed by atoms with Crippen LogP contribution in [0.2, 0.25) is 0 Å². The lowest BCUT2D eigenvalue weighted by Gasteiger charge is -2.19. The van der Waals surface area contributed by atoms with E-state index in [9.17, 15) is 8.78 Å². The van der Waals surface area contributed by atoms with Gasteiger partial charge < -0.3 is 4.74 Å². The Morgan fingerprint density at radius 1 is 1.35 bits per heavy atom. The molecule has 1 aromatic carbocycles. The maximum absolute atomic E-state index is 13.7. The summed E-state index contributed by atoms with van der Waals surface area (Å²) in [6.07, 6.45) is 3.33. The van der Waals surface area contributed by atoms with Gasteiger partial charge in [0.1, 0.15) is 17.4 Å². The molecular weight excluding hydrogens is 264 g/mol. The molecule has 0 radical (unpaired) electrons. The van der Waals surface area contributed by atoms with Gasteiger partial charge in [0.15, 0.2) is 0 Å². The summed E-state index contributed by atoms with van der Waals surface area (Å²) in [5.41, 5.74) is 3.56. The highest BCUT2D eigenvalue weighted by molar-refractivity contribution is 5.34. The number of aromatic nitrogens is 1. The van der Waals surface area contributed by atoms with E-state index in [4.69, 9.17) is 10.6 Å². The zero-order valence-electron chi connectivity index (χ0n) is 10.9. The number of hydrogen-bond donors (Lipinski definition) is 2. The van der Waals surface area contributed by atoms with Gasteiger partial charge in [-0.1, -0.05) is 0 Å². The van der Waals surface area contributed by atoms with E-state index >= 15 is 0 Å². The molecule has 1 aromatic heterocycles. The van der Waals surface area contributed by atoms with Gasteiger partial charge in [-0.05, 0) is 36.2 Å². The molecule has 0 saturated carbocycles. The SMILES string of the molecule is COc1cnccc1C(Cc1cc(F)ccc1F)NN. The molecule has 0 aliphatic heterocycles. The zero-order chi connectivity index (χ0) is 14.5. The van der Waals surface area contributed by atoms with Crippen molar-refractivity contribution in [1.82, 2.24) is 10.4 Å². The van der Waals surface area contributed by atoms with Crippen molar-refractivity contribution >= 4 is 0 Å². The van der Waals surface area contributed by atoms with Crippen LogP contribution in [0.3, 0.4) is 0 Å². The number of halogens is 2. The van der Waals surface area contributed by atoms with Gasteiger partial charge >= 0.3 is 0 Å². The molecule has 0 fully saturated rings. The standard InChI is InChI=1S/C14H15F2N3O/c1-20-14-8-18-5-4-11(14)13(19-17)7-9-6-10(15)2-3-12(9)16/h2-6,8,13,19H,7,17H2,1H3. The third kappa shape index (κ3) is 3.09. The topological polar surface area (TPSA) is 60.2 Å². The van der Waals surface area contributed by atoms with Gasteiger partial charge in [-0.15, -0.1) is 0 Å². The Balaban J connectivity index is 2.31. The van der Waals surface area contributed by atoms with Gasteiger partial charge in [-0.25, -0.2) is 8.78 Å². The van der Waals surface area contributed by atoms with Crippen molar-refractivity contribution in [2.75, 3.05) is 7.11 Å². The third-order valence-electron chi connectivity index (χ3n) is 3.04. The second-order valence-corrected chi connectivity index (χ2v) is 4.28. The molecular formula is C14H15F2N3O. The Morgan fingerprint density at radius 3 is 2.85 bits per heavy atom. The van der Waals surface area contributed by atoms with Gasteiger partial charge in [-0.2, -0.15) is 0 Å². The smallest absolute Gasteiger partial charge is 0.141 e. The first-order chi connectivity index (χ1) is 9.65. The van der Waals surface area contributed by atoms with Crippen LogP contribution in [-0.2, 0) is 6.42 Å². The van der Waals surface area contributed by atoms with Crippen LogP contribution >= 0.6 is 0 Å². The Morgan fingerprint density at radius 2 is 2.15 bits per heavy atom. The normalized spacial score (nSPS) is 12.2. The van der Waals surface area contributed by atoms with Gasteiger partial charge in [0.2, 0.25) is 0 Å². The van der Waals surface area contributed by atoms with E-state index in [1.165, 1.54) is 7.11 Å². The minimum Gasteiger partial charge on any atom is -0.495 e.